The molecule has 2 aromatic rings. The summed E-state index contributed by atoms with van der Waals surface area (Å²) in [5, 5.41) is 2.75. The van der Waals surface area contributed by atoms with Crippen LogP contribution in [0.2, 0.25) is 0 Å². The van der Waals surface area contributed by atoms with Crippen molar-refractivity contribution >= 4 is 23.6 Å². The zero-order chi connectivity index (χ0) is 18.1. The summed E-state index contributed by atoms with van der Waals surface area (Å²) in [5.74, 6) is -0.254. The van der Waals surface area contributed by atoms with Crippen molar-refractivity contribution in [2.24, 2.45) is 0 Å². The van der Waals surface area contributed by atoms with Crippen LogP contribution in [0.25, 0.3) is 6.08 Å². The normalized spacial score (nSPS) is 10.5. The summed E-state index contributed by atoms with van der Waals surface area (Å²) in [4.78, 5) is 23.6. The van der Waals surface area contributed by atoms with Crippen molar-refractivity contribution in [1.82, 2.24) is 0 Å². The molecule has 2 aromatic carbocycles. The van der Waals surface area contributed by atoms with Gasteiger partial charge in [0.1, 0.15) is 5.75 Å². The predicted octanol–water partition coefficient (Wildman–Crippen LogP) is 3.45. The first-order valence-electron chi connectivity index (χ1n) is 7.99. The van der Waals surface area contributed by atoms with Gasteiger partial charge in [0.2, 0.25) is 0 Å². The monoisotopic (exact) mass is 339 g/mol. The number of carbonyl (C=O) groups excluding carboxylic acids is 2. The summed E-state index contributed by atoms with van der Waals surface area (Å²) in [6, 6.07) is 14.8. The lowest BCUT2D eigenvalue weighted by atomic mass is 10.1. The average Bonchev–Trinajstić information content (AvgIpc) is 2.65. The van der Waals surface area contributed by atoms with Gasteiger partial charge in [-0.05, 0) is 41.8 Å². The Morgan fingerprint density at radius 1 is 1.12 bits per heavy atom. The number of nitrogens with one attached hydrogen (secondary N) is 1. The highest BCUT2D eigenvalue weighted by Gasteiger charge is 2.07. The Kier molecular flexibility index (Phi) is 6.77. The van der Waals surface area contributed by atoms with Gasteiger partial charge >= 0.3 is 5.97 Å². The summed E-state index contributed by atoms with van der Waals surface area (Å²) >= 11 is 0. The summed E-state index contributed by atoms with van der Waals surface area (Å²) in [5.41, 5.74) is 2.57. The van der Waals surface area contributed by atoms with E-state index in [4.69, 9.17) is 9.47 Å². The first-order valence-corrected chi connectivity index (χ1v) is 7.99. The van der Waals surface area contributed by atoms with E-state index < -0.39 is 5.97 Å². The van der Waals surface area contributed by atoms with Crippen LogP contribution in [-0.2, 0) is 20.7 Å². The molecule has 0 radical (unpaired) electrons. The summed E-state index contributed by atoms with van der Waals surface area (Å²) in [6.45, 7) is 1.67. The molecule has 2 rings (SSSR count). The minimum Gasteiger partial charge on any atom is -0.497 e. The van der Waals surface area contributed by atoms with Gasteiger partial charge in [-0.2, -0.15) is 0 Å². The molecule has 0 saturated heterocycles. The van der Waals surface area contributed by atoms with Gasteiger partial charge in [-0.15, -0.1) is 0 Å². The van der Waals surface area contributed by atoms with Crippen LogP contribution in [0.5, 0.6) is 5.75 Å². The van der Waals surface area contributed by atoms with E-state index in [-0.39, 0.29) is 12.5 Å². The third-order valence-corrected chi connectivity index (χ3v) is 3.52. The number of para-hydroxylation sites is 1. The minimum atomic E-state index is -0.582. The van der Waals surface area contributed by atoms with Crippen molar-refractivity contribution in [2.45, 2.75) is 13.3 Å². The fourth-order valence-corrected chi connectivity index (χ4v) is 2.23. The molecule has 0 saturated carbocycles. The smallest absolute Gasteiger partial charge is 0.331 e. The van der Waals surface area contributed by atoms with Crippen molar-refractivity contribution in [3.05, 3.63) is 65.7 Å². The van der Waals surface area contributed by atoms with E-state index in [1.54, 1.807) is 19.3 Å². The highest BCUT2D eigenvalue weighted by atomic mass is 16.5. The van der Waals surface area contributed by atoms with Gasteiger partial charge in [-0.1, -0.05) is 37.3 Å². The average molecular weight is 339 g/mol. The second kappa shape index (κ2) is 9.27. The highest BCUT2D eigenvalue weighted by molar-refractivity contribution is 5.95. The molecule has 0 spiro atoms. The van der Waals surface area contributed by atoms with Gasteiger partial charge < -0.3 is 14.8 Å². The Balaban J connectivity index is 1.84. The van der Waals surface area contributed by atoms with Crippen LogP contribution >= 0.6 is 0 Å². The quantitative estimate of drug-likeness (QED) is 0.620. The molecule has 0 fully saturated rings. The molecule has 0 bridgehead atoms. The number of hydrogen-bond donors (Lipinski definition) is 1. The molecular formula is C20H21NO4. The maximum absolute atomic E-state index is 11.9. The molecule has 1 N–H and O–H groups in total. The molecule has 0 aliphatic carbocycles. The number of esters is 1. The van der Waals surface area contributed by atoms with Gasteiger partial charge in [0.15, 0.2) is 6.61 Å². The van der Waals surface area contributed by atoms with Crippen molar-refractivity contribution in [2.75, 3.05) is 19.0 Å². The topological polar surface area (TPSA) is 64.6 Å². The lowest BCUT2D eigenvalue weighted by Gasteiger charge is -2.09. The first kappa shape index (κ1) is 18.3. The van der Waals surface area contributed by atoms with Crippen LogP contribution in [0.4, 0.5) is 5.69 Å². The highest BCUT2D eigenvalue weighted by Crippen LogP contribution is 2.15. The van der Waals surface area contributed by atoms with E-state index in [0.29, 0.717) is 5.75 Å². The van der Waals surface area contributed by atoms with Crippen LogP contribution < -0.4 is 10.1 Å². The molecule has 0 aromatic heterocycles. The van der Waals surface area contributed by atoms with E-state index in [0.717, 1.165) is 23.2 Å². The molecule has 0 unspecified atom stereocenters. The molecule has 5 nitrogen and oxygen atoms in total. The maximum atomic E-state index is 11.9. The molecule has 0 heterocycles. The Labute approximate surface area is 147 Å². The zero-order valence-electron chi connectivity index (χ0n) is 14.3. The third-order valence-electron chi connectivity index (χ3n) is 3.52. The number of anilines is 1. The Morgan fingerprint density at radius 3 is 2.68 bits per heavy atom. The Morgan fingerprint density at radius 2 is 1.92 bits per heavy atom. The van der Waals surface area contributed by atoms with Crippen LogP contribution in [-0.4, -0.2) is 25.6 Å². The summed E-state index contributed by atoms with van der Waals surface area (Å²) in [7, 11) is 1.58. The van der Waals surface area contributed by atoms with Crippen LogP contribution in [0.15, 0.2) is 54.6 Å². The van der Waals surface area contributed by atoms with Crippen LogP contribution in [0, 0.1) is 0 Å². The predicted molar refractivity (Wildman–Crippen MR) is 97.4 cm³/mol. The molecule has 5 heteroatoms. The molecule has 0 atom stereocenters. The SMILES string of the molecule is CCc1ccccc1NC(=O)COC(=O)/C=C/c1cccc(OC)c1. The molecular weight excluding hydrogens is 318 g/mol. The minimum absolute atomic E-state index is 0.334. The van der Waals surface area contributed by atoms with Crippen LogP contribution in [0.3, 0.4) is 0 Å². The van der Waals surface area contributed by atoms with Gasteiger partial charge in [0, 0.05) is 11.8 Å². The number of benzene rings is 2. The summed E-state index contributed by atoms with van der Waals surface area (Å²) in [6.07, 6.45) is 3.69. The number of ether oxygens (including phenoxy) is 2. The molecule has 1 amide bonds. The number of methoxy groups -OCH3 is 1. The van der Waals surface area contributed by atoms with Crippen molar-refractivity contribution < 1.29 is 19.1 Å². The van der Waals surface area contributed by atoms with Gasteiger partial charge in [-0.25, -0.2) is 4.79 Å². The number of rotatable bonds is 7. The van der Waals surface area contributed by atoms with Crippen LogP contribution in [0.1, 0.15) is 18.1 Å². The number of hydrogen-bond acceptors (Lipinski definition) is 4. The van der Waals surface area contributed by atoms with Crippen molar-refractivity contribution in [1.29, 1.82) is 0 Å². The molecule has 0 aliphatic rings. The molecule has 130 valence electrons. The van der Waals surface area contributed by atoms with Gasteiger partial charge in [0.05, 0.1) is 7.11 Å². The Bertz CT molecular complexity index is 768. The first-order chi connectivity index (χ1) is 12.1. The van der Waals surface area contributed by atoms with E-state index in [1.165, 1.54) is 6.08 Å². The van der Waals surface area contributed by atoms with Gasteiger partial charge in [0.25, 0.3) is 5.91 Å². The standard InChI is InChI=1S/C20H21NO4/c1-3-16-8-4-5-10-18(16)21-19(22)14-25-20(23)12-11-15-7-6-9-17(13-15)24-2/h4-13H,3,14H2,1-2H3,(H,21,22)/b12-11+. The lowest BCUT2D eigenvalue weighted by Crippen LogP contribution is -2.20. The second-order valence-corrected chi connectivity index (χ2v) is 5.28. The fourth-order valence-electron chi connectivity index (χ4n) is 2.23. The fraction of sp³-hybridized carbons (Fsp3) is 0.200. The van der Waals surface area contributed by atoms with E-state index in [9.17, 15) is 9.59 Å². The van der Waals surface area contributed by atoms with Crippen molar-refractivity contribution in [3.63, 3.8) is 0 Å². The molecule has 25 heavy (non-hydrogen) atoms. The number of carbonyl (C=O) groups is 2. The number of aryl methyl sites for hydroxylation is 1. The van der Waals surface area contributed by atoms with E-state index in [1.807, 2.05) is 49.4 Å². The largest absolute Gasteiger partial charge is 0.497 e. The second-order valence-electron chi connectivity index (χ2n) is 5.28. The zero-order valence-corrected chi connectivity index (χ0v) is 14.3. The molecule has 0 aliphatic heterocycles. The number of amides is 1. The maximum Gasteiger partial charge on any atom is 0.331 e. The third kappa shape index (κ3) is 5.80. The lowest BCUT2D eigenvalue weighted by molar-refractivity contribution is -0.142. The van der Waals surface area contributed by atoms with E-state index >= 15 is 0 Å². The summed E-state index contributed by atoms with van der Waals surface area (Å²) < 4.78 is 10.1. The van der Waals surface area contributed by atoms with Crippen molar-refractivity contribution in [3.8, 4) is 5.75 Å². The van der Waals surface area contributed by atoms with Gasteiger partial charge in [-0.3, -0.25) is 4.79 Å². The Hall–Kier alpha value is -3.08. The van der Waals surface area contributed by atoms with E-state index in [2.05, 4.69) is 5.32 Å².